The molecule has 0 bridgehead atoms. The van der Waals surface area contributed by atoms with Crippen LogP contribution in [0.2, 0.25) is 5.02 Å². The molecule has 0 aromatic heterocycles. The summed E-state index contributed by atoms with van der Waals surface area (Å²) in [5.41, 5.74) is 8.07. The summed E-state index contributed by atoms with van der Waals surface area (Å²) in [4.78, 5) is 0.0762. The summed E-state index contributed by atoms with van der Waals surface area (Å²) in [5, 5.41) is 0.513. The van der Waals surface area contributed by atoms with Crippen molar-refractivity contribution in [3.8, 4) is 22.6 Å². The number of halogens is 1. The van der Waals surface area contributed by atoms with Gasteiger partial charge >= 0.3 is 0 Å². The number of rotatable bonds is 7. The van der Waals surface area contributed by atoms with E-state index in [1.807, 2.05) is 0 Å². The Kier molecular flexibility index (Phi) is 6.32. The molecule has 6 nitrogen and oxygen atoms in total. The minimum absolute atomic E-state index is 0.0410. The Labute approximate surface area is 175 Å². The topological polar surface area (TPSA) is 90.7 Å². The van der Waals surface area contributed by atoms with Gasteiger partial charge in [0.05, 0.1) is 19.1 Å². The maximum atomic E-state index is 13.1. The molecule has 0 saturated carbocycles. The van der Waals surface area contributed by atoms with Crippen LogP contribution in [-0.2, 0) is 16.6 Å². The fraction of sp³-hybridized carbons (Fsp3) is 0.143. The highest BCUT2D eigenvalue weighted by atomic mass is 35.5. The van der Waals surface area contributed by atoms with Crippen molar-refractivity contribution in [3.05, 3.63) is 71.2 Å². The highest BCUT2D eigenvalue weighted by Gasteiger charge is 2.21. The predicted octanol–water partition coefficient (Wildman–Crippen LogP) is 4.08. The average molecular weight is 433 g/mol. The fourth-order valence-electron chi connectivity index (χ4n) is 2.90. The van der Waals surface area contributed by atoms with Gasteiger partial charge in [0.25, 0.3) is 0 Å². The second kappa shape index (κ2) is 8.73. The Morgan fingerprint density at radius 2 is 1.79 bits per heavy atom. The van der Waals surface area contributed by atoms with Crippen LogP contribution in [0.25, 0.3) is 11.1 Å². The van der Waals surface area contributed by atoms with Crippen molar-refractivity contribution in [2.75, 3.05) is 20.0 Å². The van der Waals surface area contributed by atoms with Crippen LogP contribution in [0.1, 0.15) is 5.56 Å². The van der Waals surface area contributed by atoms with Gasteiger partial charge in [-0.25, -0.2) is 13.1 Å². The molecule has 0 spiro atoms. The van der Waals surface area contributed by atoms with Crippen molar-refractivity contribution >= 4 is 27.3 Å². The van der Waals surface area contributed by atoms with Crippen LogP contribution < -0.4 is 19.9 Å². The third-order valence-electron chi connectivity index (χ3n) is 4.38. The average Bonchev–Trinajstić information content (AvgIpc) is 2.72. The third-order valence-corrected chi connectivity index (χ3v) is 6.05. The molecule has 3 N–H and O–H groups in total. The molecule has 0 radical (unpaired) electrons. The number of methoxy groups -OCH3 is 2. The van der Waals surface area contributed by atoms with Gasteiger partial charge in [-0.3, -0.25) is 0 Å². The molecular formula is C21H21ClN2O4S. The summed E-state index contributed by atoms with van der Waals surface area (Å²) in [7, 11) is -0.807. The number of anilines is 1. The van der Waals surface area contributed by atoms with Crippen LogP contribution in [0.3, 0.4) is 0 Å². The first-order valence-electron chi connectivity index (χ1n) is 8.70. The first-order valence-corrected chi connectivity index (χ1v) is 10.6. The molecular weight excluding hydrogens is 412 g/mol. The van der Waals surface area contributed by atoms with Gasteiger partial charge in [0.1, 0.15) is 11.5 Å². The molecule has 0 amide bonds. The van der Waals surface area contributed by atoms with Gasteiger partial charge < -0.3 is 15.2 Å². The summed E-state index contributed by atoms with van der Waals surface area (Å²) >= 11 is 6.08. The van der Waals surface area contributed by atoms with E-state index in [1.54, 1.807) is 61.7 Å². The molecule has 3 aromatic carbocycles. The summed E-state index contributed by atoms with van der Waals surface area (Å²) in [6, 6.07) is 16.9. The molecule has 0 heterocycles. The lowest BCUT2D eigenvalue weighted by Crippen LogP contribution is -2.24. The lowest BCUT2D eigenvalue weighted by atomic mass is 10.1. The molecule has 0 atom stereocenters. The summed E-state index contributed by atoms with van der Waals surface area (Å²) in [6.07, 6.45) is 0. The van der Waals surface area contributed by atoms with E-state index in [-0.39, 0.29) is 11.4 Å². The first kappa shape index (κ1) is 21.0. The Balaban J connectivity index is 1.95. The van der Waals surface area contributed by atoms with Crippen LogP contribution in [0.15, 0.2) is 65.6 Å². The number of nitrogens with two attached hydrogens (primary N) is 1. The molecule has 0 aliphatic heterocycles. The molecule has 0 saturated heterocycles. The van der Waals surface area contributed by atoms with Crippen LogP contribution in [0.4, 0.5) is 5.69 Å². The Bertz CT molecular complexity index is 1130. The van der Waals surface area contributed by atoms with Crippen molar-refractivity contribution in [3.63, 3.8) is 0 Å². The van der Waals surface area contributed by atoms with E-state index in [9.17, 15) is 8.42 Å². The van der Waals surface area contributed by atoms with Crippen LogP contribution in [0.5, 0.6) is 11.5 Å². The van der Waals surface area contributed by atoms with Crippen molar-refractivity contribution in [2.45, 2.75) is 11.4 Å². The number of ether oxygens (including phenoxy) is 2. The number of nitrogen functional groups attached to an aromatic ring is 1. The highest BCUT2D eigenvalue weighted by Crippen LogP contribution is 2.31. The molecule has 0 aliphatic carbocycles. The van der Waals surface area contributed by atoms with E-state index in [1.165, 1.54) is 13.2 Å². The second-order valence-corrected chi connectivity index (χ2v) is 8.44. The fourth-order valence-corrected chi connectivity index (χ4v) is 4.36. The maximum absolute atomic E-state index is 13.1. The van der Waals surface area contributed by atoms with E-state index in [0.29, 0.717) is 38.9 Å². The van der Waals surface area contributed by atoms with Gasteiger partial charge in [-0.1, -0.05) is 35.9 Å². The quantitative estimate of drug-likeness (QED) is 0.549. The normalized spacial score (nSPS) is 11.3. The molecule has 0 fully saturated rings. The van der Waals surface area contributed by atoms with Gasteiger partial charge in [0.15, 0.2) is 0 Å². The van der Waals surface area contributed by atoms with Crippen molar-refractivity contribution in [2.24, 2.45) is 0 Å². The Morgan fingerprint density at radius 1 is 1.00 bits per heavy atom. The third kappa shape index (κ3) is 4.82. The van der Waals surface area contributed by atoms with Gasteiger partial charge in [0.2, 0.25) is 10.0 Å². The molecule has 29 heavy (non-hydrogen) atoms. The summed E-state index contributed by atoms with van der Waals surface area (Å²) in [5.74, 6) is 1.14. The molecule has 3 aromatic rings. The van der Waals surface area contributed by atoms with E-state index in [0.717, 1.165) is 0 Å². The number of hydrogen-bond donors (Lipinski definition) is 2. The minimum atomic E-state index is -3.87. The molecule has 0 aliphatic rings. The first-order chi connectivity index (χ1) is 13.8. The Morgan fingerprint density at radius 3 is 2.48 bits per heavy atom. The molecule has 152 valence electrons. The zero-order valence-corrected chi connectivity index (χ0v) is 17.5. The van der Waals surface area contributed by atoms with E-state index in [2.05, 4.69) is 4.72 Å². The van der Waals surface area contributed by atoms with Crippen LogP contribution >= 0.6 is 11.6 Å². The molecule has 3 rings (SSSR count). The lowest BCUT2D eigenvalue weighted by Gasteiger charge is -2.15. The van der Waals surface area contributed by atoms with Crippen LogP contribution in [0, 0.1) is 0 Å². The van der Waals surface area contributed by atoms with E-state index in [4.69, 9.17) is 26.8 Å². The summed E-state index contributed by atoms with van der Waals surface area (Å²) < 4.78 is 39.3. The predicted molar refractivity (Wildman–Crippen MR) is 115 cm³/mol. The van der Waals surface area contributed by atoms with Gasteiger partial charge in [-0.2, -0.15) is 0 Å². The standard InChI is InChI=1S/C21H21ClN2O4S/c1-27-18-8-6-15(20(12-18)28-2)13-24-29(25,26)21-11-17(23)7-9-19(21)14-4-3-5-16(22)10-14/h3-12,24H,13,23H2,1-2H3. The van der Waals surface area contributed by atoms with Crippen molar-refractivity contribution < 1.29 is 17.9 Å². The number of hydrogen-bond acceptors (Lipinski definition) is 5. The van der Waals surface area contributed by atoms with Crippen molar-refractivity contribution in [1.82, 2.24) is 4.72 Å². The van der Waals surface area contributed by atoms with Crippen molar-refractivity contribution in [1.29, 1.82) is 0 Å². The smallest absolute Gasteiger partial charge is 0.241 e. The highest BCUT2D eigenvalue weighted by molar-refractivity contribution is 7.89. The molecule has 8 heteroatoms. The monoisotopic (exact) mass is 432 g/mol. The van der Waals surface area contributed by atoms with Gasteiger partial charge in [0, 0.05) is 34.4 Å². The summed E-state index contributed by atoms with van der Waals surface area (Å²) in [6.45, 7) is 0.0410. The van der Waals surface area contributed by atoms with E-state index >= 15 is 0 Å². The van der Waals surface area contributed by atoms with Gasteiger partial charge in [-0.05, 0) is 35.9 Å². The SMILES string of the molecule is COc1ccc(CNS(=O)(=O)c2cc(N)ccc2-c2cccc(Cl)c2)c(OC)c1. The number of nitrogens with one attached hydrogen (secondary N) is 1. The number of sulfonamides is 1. The Hall–Kier alpha value is -2.74. The lowest BCUT2D eigenvalue weighted by molar-refractivity contribution is 0.390. The largest absolute Gasteiger partial charge is 0.497 e. The number of benzene rings is 3. The van der Waals surface area contributed by atoms with Crippen LogP contribution in [-0.4, -0.2) is 22.6 Å². The zero-order valence-electron chi connectivity index (χ0n) is 16.0. The maximum Gasteiger partial charge on any atom is 0.241 e. The minimum Gasteiger partial charge on any atom is -0.497 e. The second-order valence-electron chi connectivity index (χ2n) is 6.27. The van der Waals surface area contributed by atoms with Gasteiger partial charge in [-0.15, -0.1) is 0 Å². The zero-order chi connectivity index (χ0) is 21.0. The van der Waals surface area contributed by atoms with E-state index < -0.39 is 10.0 Å². The molecule has 0 unspecified atom stereocenters.